The van der Waals surface area contributed by atoms with E-state index < -0.39 is 5.97 Å². The zero-order valence-corrected chi connectivity index (χ0v) is 8.83. The summed E-state index contributed by atoms with van der Waals surface area (Å²) in [6, 6.07) is 4.86. The number of carboxylic acid groups (broad SMARTS) is 1. The van der Waals surface area contributed by atoms with Crippen LogP contribution in [0.25, 0.3) is 0 Å². The van der Waals surface area contributed by atoms with Crippen molar-refractivity contribution >= 4 is 21.9 Å². The number of hydrogen-bond acceptors (Lipinski definition) is 3. The molecule has 0 spiro atoms. The second-order valence-corrected chi connectivity index (χ2v) is 3.27. The van der Waals surface area contributed by atoms with Crippen molar-refractivity contribution in [2.24, 2.45) is 0 Å². The van der Waals surface area contributed by atoms with E-state index in [-0.39, 0.29) is 16.9 Å². The molecule has 0 atom stereocenters. The highest BCUT2D eigenvalue weighted by molar-refractivity contribution is 9.10. The summed E-state index contributed by atoms with van der Waals surface area (Å²) in [7, 11) is 1.33. The molecule has 0 bridgehead atoms. The lowest BCUT2D eigenvalue weighted by atomic mass is 10.1. The largest absolute Gasteiger partial charge is 0.494 e. The highest BCUT2D eigenvalue weighted by Crippen LogP contribution is 2.30. The number of methoxy groups -OCH3 is 1. The summed E-state index contributed by atoms with van der Waals surface area (Å²) in [5, 5.41) is 17.6. The second kappa shape index (κ2) is 4.11. The predicted octanol–water partition coefficient (Wildman–Crippen LogP) is 2.03. The predicted molar refractivity (Wildman–Crippen MR) is 52.4 cm³/mol. The maximum absolute atomic E-state index is 10.9. The number of aromatic carboxylic acids is 1. The Morgan fingerprint density at radius 3 is 2.71 bits per heavy atom. The van der Waals surface area contributed by atoms with Crippen LogP contribution in [0.5, 0.6) is 5.75 Å². The van der Waals surface area contributed by atoms with Gasteiger partial charge in [-0.15, -0.1) is 0 Å². The molecule has 0 heterocycles. The maximum atomic E-state index is 10.9. The van der Waals surface area contributed by atoms with Gasteiger partial charge in [-0.25, -0.2) is 4.79 Å². The van der Waals surface area contributed by atoms with Gasteiger partial charge in [-0.05, 0) is 28.1 Å². The van der Waals surface area contributed by atoms with Gasteiger partial charge in [0.2, 0.25) is 0 Å². The van der Waals surface area contributed by atoms with Crippen LogP contribution in [0, 0.1) is 11.3 Å². The van der Waals surface area contributed by atoms with Gasteiger partial charge in [0.05, 0.1) is 12.7 Å². The summed E-state index contributed by atoms with van der Waals surface area (Å²) >= 11 is 3.08. The van der Waals surface area contributed by atoms with Gasteiger partial charge in [0.25, 0.3) is 0 Å². The number of ether oxygens (including phenoxy) is 1. The lowest BCUT2D eigenvalue weighted by Crippen LogP contribution is -2.03. The lowest BCUT2D eigenvalue weighted by Gasteiger charge is -2.07. The summed E-state index contributed by atoms with van der Waals surface area (Å²) in [6.45, 7) is 0. The molecule has 1 aromatic rings. The molecular weight excluding hydrogens is 250 g/mol. The van der Waals surface area contributed by atoms with Crippen molar-refractivity contribution in [1.82, 2.24) is 0 Å². The fourth-order valence-corrected chi connectivity index (χ4v) is 1.54. The standard InChI is InChI=1S/C9H6BrNO3/c1-14-8-5(4-11)2-3-6(10)7(8)9(12)13/h2-3H,1H3,(H,12,13). The molecule has 0 aromatic heterocycles. The minimum atomic E-state index is -1.13. The first-order chi connectivity index (χ1) is 6.61. The summed E-state index contributed by atoms with van der Waals surface area (Å²) < 4.78 is 5.27. The molecule has 1 aromatic carbocycles. The van der Waals surface area contributed by atoms with E-state index in [1.807, 2.05) is 6.07 Å². The Morgan fingerprint density at radius 1 is 1.64 bits per heavy atom. The summed E-state index contributed by atoms with van der Waals surface area (Å²) in [5.74, 6) is -1.06. The van der Waals surface area contributed by atoms with E-state index in [9.17, 15) is 4.79 Å². The zero-order chi connectivity index (χ0) is 10.7. The number of carboxylic acids is 1. The minimum Gasteiger partial charge on any atom is -0.494 e. The number of carbonyl (C=O) groups is 1. The average molecular weight is 256 g/mol. The van der Waals surface area contributed by atoms with E-state index in [0.717, 1.165) is 0 Å². The van der Waals surface area contributed by atoms with Crippen molar-refractivity contribution < 1.29 is 14.6 Å². The van der Waals surface area contributed by atoms with E-state index in [1.165, 1.54) is 19.2 Å². The maximum Gasteiger partial charge on any atom is 0.340 e. The van der Waals surface area contributed by atoms with E-state index >= 15 is 0 Å². The molecule has 4 nitrogen and oxygen atoms in total. The van der Waals surface area contributed by atoms with Gasteiger partial charge in [-0.1, -0.05) is 0 Å². The third-order valence-electron chi connectivity index (χ3n) is 1.65. The molecule has 0 radical (unpaired) electrons. The van der Waals surface area contributed by atoms with Gasteiger partial charge in [0.1, 0.15) is 11.6 Å². The number of benzene rings is 1. The normalized spacial score (nSPS) is 9.21. The Labute approximate surface area is 88.9 Å². The summed E-state index contributed by atoms with van der Waals surface area (Å²) in [5.41, 5.74) is 0.166. The second-order valence-electron chi connectivity index (χ2n) is 2.42. The van der Waals surface area contributed by atoms with Gasteiger partial charge in [-0.3, -0.25) is 0 Å². The van der Waals surface area contributed by atoms with E-state index in [4.69, 9.17) is 15.1 Å². The van der Waals surface area contributed by atoms with Crippen LogP contribution in [-0.2, 0) is 0 Å². The molecule has 0 fully saturated rings. The van der Waals surface area contributed by atoms with Gasteiger partial charge in [0.15, 0.2) is 5.75 Å². The highest BCUT2D eigenvalue weighted by Gasteiger charge is 2.18. The Kier molecular flexibility index (Phi) is 3.10. The van der Waals surface area contributed by atoms with Gasteiger partial charge < -0.3 is 9.84 Å². The van der Waals surface area contributed by atoms with E-state index in [1.54, 1.807) is 0 Å². The summed E-state index contributed by atoms with van der Waals surface area (Å²) in [6.07, 6.45) is 0. The van der Waals surface area contributed by atoms with Crippen molar-refractivity contribution in [3.05, 3.63) is 27.7 Å². The molecule has 0 amide bonds. The Balaban J connectivity index is 3.53. The van der Waals surface area contributed by atoms with Crippen LogP contribution in [0.15, 0.2) is 16.6 Å². The summed E-state index contributed by atoms with van der Waals surface area (Å²) in [4.78, 5) is 10.9. The lowest BCUT2D eigenvalue weighted by molar-refractivity contribution is 0.0692. The smallest absolute Gasteiger partial charge is 0.340 e. The molecule has 0 saturated heterocycles. The van der Waals surface area contributed by atoms with Crippen LogP contribution in [0.1, 0.15) is 15.9 Å². The third kappa shape index (κ3) is 1.70. The molecule has 0 saturated carbocycles. The monoisotopic (exact) mass is 255 g/mol. The SMILES string of the molecule is COc1c(C#N)ccc(Br)c1C(=O)O. The first-order valence-electron chi connectivity index (χ1n) is 3.61. The Bertz CT molecular complexity index is 423. The van der Waals surface area contributed by atoms with Gasteiger partial charge in [0, 0.05) is 4.47 Å². The van der Waals surface area contributed by atoms with Crippen molar-refractivity contribution in [3.8, 4) is 11.8 Å². The third-order valence-corrected chi connectivity index (χ3v) is 2.31. The highest BCUT2D eigenvalue weighted by atomic mass is 79.9. The molecule has 1 N–H and O–H groups in total. The van der Waals surface area contributed by atoms with Crippen molar-refractivity contribution in [3.63, 3.8) is 0 Å². The average Bonchev–Trinajstić information content (AvgIpc) is 2.16. The van der Waals surface area contributed by atoms with Crippen LogP contribution in [0.3, 0.4) is 0 Å². The molecule has 0 unspecified atom stereocenters. The molecule has 1 rings (SSSR count). The molecule has 0 aliphatic rings. The van der Waals surface area contributed by atoms with Crippen LogP contribution >= 0.6 is 15.9 Å². The first-order valence-corrected chi connectivity index (χ1v) is 4.41. The first kappa shape index (κ1) is 10.5. The quantitative estimate of drug-likeness (QED) is 0.878. The van der Waals surface area contributed by atoms with Crippen molar-refractivity contribution in [1.29, 1.82) is 5.26 Å². The molecule has 5 heteroatoms. The van der Waals surface area contributed by atoms with Crippen molar-refractivity contribution in [2.45, 2.75) is 0 Å². The number of nitriles is 1. The molecular formula is C9H6BrNO3. The van der Waals surface area contributed by atoms with Gasteiger partial charge >= 0.3 is 5.97 Å². The van der Waals surface area contributed by atoms with E-state index in [2.05, 4.69) is 15.9 Å². The van der Waals surface area contributed by atoms with Crippen LogP contribution in [0.2, 0.25) is 0 Å². The molecule has 14 heavy (non-hydrogen) atoms. The fraction of sp³-hybridized carbons (Fsp3) is 0.111. The Morgan fingerprint density at radius 2 is 2.29 bits per heavy atom. The Hall–Kier alpha value is -1.54. The zero-order valence-electron chi connectivity index (χ0n) is 7.24. The van der Waals surface area contributed by atoms with Gasteiger partial charge in [-0.2, -0.15) is 5.26 Å². The fourth-order valence-electron chi connectivity index (χ4n) is 1.06. The van der Waals surface area contributed by atoms with Crippen LogP contribution < -0.4 is 4.74 Å². The number of rotatable bonds is 2. The van der Waals surface area contributed by atoms with Crippen molar-refractivity contribution in [2.75, 3.05) is 7.11 Å². The molecule has 0 aliphatic heterocycles. The van der Waals surface area contributed by atoms with Crippen LogP contribution in [-0.4, -0.2) is 18.2 Å². The van der Waals surface area contributed by atoms with Crippen LogP contribution in [0.4, 0.5) is 0 Å². The number of nitrogens with zero attached hydrogens (tertiary/aromatic N) is 1. The minimum absolute atomic E-state index is 0.0356. The number of halogens is 1. The molecule has 72 valence electrons. The number of hydrogen-bond donors (Lipinski definition) is 1. The van der Waals surface area contributed by atoms with E-state index in [0.29, 0.717) is 4.47 Å². The topological polar surface area (TPSA) is 70.3 Å². The molecule has 0 aliphatic carbocycles.